The molecule has 134 heavy (non-hydrogen) atoms. The minimum absolute atomic E-state index is 0.0115. The topological polar surface area (TPSA) is 247 Å². The van der Waals surface area contributed by atoms with Crippen molar-refractivity contribution in [1.29, 1.82) is 0 Å². The number of benzene rings is 9. The molecule has 0 fully saturated rings. The van der Waals surface area contributed by atoms with Crippen LogP contribution in [-0.2, 0) is 32.4 Å². The van der Waals surface area contributed by atoms with Crippen molar-refractivity contribution in [3.05, 3.63) is 389 Å². The molecule has 0 aliphatic carbocycles. The van der Waals surface area contributed by atoms with Crippen LogP contribution in [0.4, 0.5) is 59.2 Å². The highest BCUT2D eigenvalue weighted by Gasteiger charge is 2.39. The van der Waals surface area contributed by atoms with Crippen molar-refractivity contribution < 1.29 is 54.7 Å². The van der Waals surface area contributed by atoms with Crippen molar-refractivity contribution >= 4 is 151 Å². The van der Waals surface area contributed by atoms with Gasteiger partial charge < -0.3 is 25.3 Å². The molecule has 18 rings (SSSR count). The predicted octanol–water partition coefficient (Wildman–Crippen LogP) is 23.4. The first-order valence-electron chi connectivity index (χ1n) is 41.5. The number of aromatic nitrogens is 13. The molecule has 0 spiro atoms. The lowest BCUT2D eigenvalue weighted by atomic mass is 10.0. The maximum atomic E-state index is 14.6. The molecular formula is C96H79Cl8F7N18O5. The average Bonchev–Trinajstić information content (AvgIpc) is 1.63. The van der Waals surface area contributed by atoms with Gasteiger partial charge in [0.15, 0.2) is 46.2 Å². The van der Waals surface area contributed by atoms with Crippen molar-refractivity contribution in [1.82, 2.24) is 63.9 Å². The van der Waals surface area contributed by atoms with Gasteiger partial charge in [-0.2, -0.15) is 15.3 Å². The lowest BCUT2D eigenvalue weighted by Crippen LogP contribution is -2.38. The molecular weight excluding hydrogens is 1900 g/mol. The number of pyridine rings is 1. The first-order valence-corrected chi connectivity index (χ1v) is 44.5. The van der Waals surface area contributed by atoms with Gasteiger partial charge in [-0.15, -0.1) is 10.2 Å². The minimum atomic E-state index is -0.690. The highest BCUT2D eigenvalue weighted by molar-refractivity contribution is 6.34. The lowest BCUT2D eigenvalue weighted by molar-refractivity contribution is 0.0966. The summed E-state index contributed by atoms with van der Waals surface area (Å²) in [7, 11) is 0. The van der Waals surface area contributed by atoms with Gasteiger partial charge in [-0.1, -0.05) is 225 Å². The predicted molar refractivity (Wildman–Crippen MR) is 504 cm³/mol. The Morgan fingerprint density at radius 3 is 1.24 bits per heavy atom. The van der Waals surface area contributed by atoms with E-state index in [-0.39, 0.29) is 129 Å². The lowest BCUT2D eigenvalue weighted by Gasteiger charge is -2.26. The van der Waals surface area contributed by atoms with Crippen molar-refractivity contribution in [2.45, 2.75) is 106 Å². The smallest absolute Gasteiger partial charge is 0.295 e. The number of carbonyl (C=O) groups is 5. The molecule has 3 atom stereocenters. The summed E-state index contributed by atoms with van der Waals surface area (Å²) in [6.45, 7) is 16.5. The number of nitrogens with zero attached hydrogens (tertiary/aromatic N) is 16. The largest absolute Gasteiger partial charge is 0.317 e. The van der Waals surface area contributed by atoms with E-state index in [1.165, 1.54) is 97.4 Å². The van der Waals surface area contributed by atoms with Gasteiger partial charge in [-0.05, 0) is 169 Å². The van der Waals surface area contributed by atoms with Gasteiger partial charge in [0.1, 0.15) is 39.7 Å². The molecule has 0 saturated heterocycles. The maximum absolute atomic E-state index is 14.6. The standard InChI is InChI=1S/2C21H17Cl2F2N3O.C19H15Cl2FN4O.C18H16ClFN4O.C17H14ClFN4O/c2*1-11-5-3-6-13(17(11)24)12(2)28-20(23)14-9-10-27(21(29)19(14)26-28)16-8-4-7-15(22)18(16)25;1-11-7-12(9-23-8-11)10-26-18(21)13-5-6-25(19(27)17(13)24-26)15-4-2-3-14(20)16(15)22;1-11-5-3-6-13(9-11)12(2)24-10-21-17(23-24)18(25)22-15-8-4-7-14(19)16(15)20;1-11-4-2-5-12(8-11)9-23-10-20-16(22-23)17(24)21-14-7-3-6-13(18)15(14)19/h2*3-8,12H,9-10H2,1-2H3;2-4,7-9H,5-6,10H2,1H3;3-10,12H,1-2H3,(H,22,25);2-8,10H,9H2,1H3,(H,21,24)/t2*12-;;12-;/m10.1./s1. The summed E-state index contributed by atoms with van der Waals surface area (Å²) in [5.41, 5.74) is 10.9. The number of hydrogen-bond acceptors (Lipinski definition) is 13. The fourth-order valence-corrected chi connectivity index (χ4v) is 17.0. The Morgan fingerprint density at radius 2 is 0.784 bits per heavy atom. The summed E-state index contributed by atoms with van der Waals surface area (Å²) in [5.74, 6) is -6.59. The molecule has 688 valence electrons. The summed E-state index contributed by atoms with van der Waals surface area (Å²) in [6, 6.07) is 49.4. The number of anilines is 5. The molecule has 0 radical (unpaired) electrons. The van der Waals surface area contributed by atoms with E-state index in [0.717, 1.165) is 33.4 Å². The van der Waals surface area contributed by atoms with Gasteiger partial charge in [0.05, 0.1) is 84.8 Å². The molecule has 3 aliphatic rings. The maximum Gasteiger partial charge on any atom is 0.295 e. The Balaban J connectivity index is 0.000000135. The van der Waals surface area contributed by atoms with E-state index in [0.29, 0.717) is 83.0 Å². The first kappa shape index (κ1) is 97.3. The number of carbonyl (C=O) groups excluding carboxylic acids is 5. The minimum Gasteiger partial charge on any atom is -0.317 e. The van der Waals surface area contributed by atoms with E-state index in [1.807, 2.05) is 82.3 Å². The van der Waals surface area contributed by atoms with Gasteiger partial charge in [0.25, 0.3) is 29.5 Å². The molecule has 3 aliphatic heterocycles. The van der Waals surface area contributed by atoms with Crippen molar-refractivity contribution in [3.63, 3.8) is 0 Å². The van der Waals surface area contributed by atoms with Crippen LogP contribution >= 0.6 is 92.8 Å². The molecule has 5 amide bonds. The Bertz CT molecular complexity index is 6850. The van der Waals surface area contributed by atoms with Crippen molar-refractivity contribution in [2.75, 3.05) is 45.0 Å². The number of aryl methyl sites for hydroxylation is 5. The second-order valence-corrected chi connectivity index (χ2v) is 34.5. The Hall–Kier alpha value is -12.8. The van der Waals surface area contributed by atoms with Crippen LogP contribution in [0.1, 0.15) is 164 Å². The molecule has 0 unspecified atom stereocenters. The molecule has 0 saturated carbocycles. The molecule has 15 aromatic rings. The zero-order chi connectivity index (χ0) is 95.9. The normalized spacial score (nSPS) is 13.3. The Labute approximate surface area is 803 Å². The van der Waals surface area contributed by atoms with Gasteiger partial charge in [0, 0.05) is 59.8 Å². The third kappa shape index (κ3) is 21.2. The van der Waals surface area contributed by atoms with Crippen LogP contribution in [0.2, 0.25) is 40.6 Å². The highest BCUT2D eigenvalue weighted by Crippen LogP contribution is 2.40. The molecule has 2 N–H and O–H groups in total. The van der Waals surface area contributed by atoms with Crippen LogP contribution in [0, 0.1) is 75.3 Å². The molecule has 9 heterocycles. The monoisotopic (exact) mass is 1980 g/mol. The first-order chi connectivity index (χ1) is 64.0. The molecule has 0 bridgehead atoms. The zero-order valence-electron chi connectivity index (χ0n) is 72.4. The van der Waals surface area contributed by atoms with E-state index >= 15 is 0 Å². The van der Waals surface area contributed by atoms with Crippen molar-refractivity contribution in [3.8, 4) is 0 Å². The van der Waals surface area contributed by atoms with Gasteiger partial charge in [-0.25, -0.2) is 64.1 Å². The number of fused-ring (bicyclic) bond motifs is 3. The van der Waals surface area contributed by atoms with Crippen LogP contribution in [0.25, 0.3) is 0 Å². The Morgan fingerprint density at radius 1 is 0.388 bits per heavy atom. The number of hydrogen-bond donors (Lipinski definition) is 2. The van der Waals surface area contributed by atoms with Crippen LogP contribution in [-0.4, -0.2) is 113 Å². The summed E-state index contributed by atoms with van der Waals surface area (Å²) >= 11 is 48.4. The summed E-state index contributed by atoms with van der Waals surface area (Å²) in [5, 5.41) is 27.0. The third-order valence-corrected chi connectivity index (χ3v) is 24.9. The highest BCUT2D eigenvalue weighted by atomic mass is 35.5. The van der Waals surface area contributed by atoms with E-state index in [2.05, 4.69) is 51.1 Å². The fourth-order valence-electron chi connectivity index (χ4n) is 15.1. The van der Waals surface area contributed by atoms with Gasteiger partial charge in [0.2, 0.25) is 11.6 Å². The van der Waals surface area contributed by atoms with Crippen LogP contribution < -0.4 is 25.3 Å². The summed E-state index contributed by atoms with van der Waals surface area (Å²) in [6.07, 6.45) is 7.73. The molecule has 9 aromatic carbocycles. The molecule has 23 nitrogen and oxygen atoms in total. The quantitative estimate of drug-likeness (QED) is 0.0806. The molecule has 6 aromatic heterocycles. The van der Waals surface area contributed by atoms with Gasteiger partial charge in [-0.3, -0.25) is 29.0 Å². The second kappa shape index (κ2) is 42.2. The van der Waals surface area contributed by atoms with E-state index < -0.39 is 64.8 Å². The zero-order valence-corrected chi connectivity index (χ0v) is 78.4. The van der Waals surface area contributed by atoms with E-state index in [4.69, 9.17) is 92.8 Å². The van der Waals surface area contributed by atoms with Crippen LogP contribution in [0.15, 0.2) is 207 Å². The SMILES string of the molecule is Cc1cccc(Cn2cnc(C(=O)Nc3cccc(Cl)c3F)n2)c1.Cc1cccc([C@@H](C)n2cnc(C(=O)Nc3cccc(Cl)c3F)n2)c1.Cc1cccc([C@@H](C)n2nc3c(c2Cl)CCN(c2cccc(Cl)c2F)C3=O)c1F.Cc1cccc([C@H](C)n2nc3c(c2Cl)CCN(c2cccc(Cl)c2F)C3=O)c1F.Cc1cncc(Cn2nc3c(c2Cl)CCN(c2cccc(Cl)c2F)C3=O)c1. The summed E-state index contributed by atoms with van der Waals surface area (Å²) in [4.78, 5) is 79.5. The number of halogens is 15. The fraction of sp³-hybridized carbons (Fsp3) is 0.198. The van der Waals surface area contributed by atoms with Gasteiger partial charge >= 0.3 is 0 Å². The van der Waals surface area contributed by atoms with E-state index in [9.17, 15) is 54.7 Å². The van der Waals surface area contributed by atoms with Crippen LogP contribution in [0.5, 0.6) is 0 Å². The van der Waals surface area contributed by atoms with Crippen molar-refractivity contribution in [2.24, 2.45) is 0 Å². The Kier molecular flexibility index (Phi) is 30.6. The summed E-state index contributed by atoms with van der Waals surface area (Å²) < 4.78 is 108. The third-order valence-electron chi connectivity index (χ3n) is 22.2. The average molecular weight is 1980 g/mol. The van der Waals surface area contributed by atoms with Crippen LogP contribution in [0.3, 0.4) is 0 Å². The number of amides is 5. The number of rotatable bonds is 17. The number of nitrogens with one attached hydrogen (secondary N) is 2. The van der Waals surface area contributed by atoms with E-state index in [1.54, 1.807) is 121 Å². The molecule has 38 heteroatoms. The second-order valence-electron chi connectivity index (χ2n) is 31.4.